The van der Waals surface area contributed by atoms with Crippen molar-refractivity contribution in [1.29, 1.82) is 0 Å². The summed E-state index contributed by atoms with van der Waals surface area (Å²) in [4.78, 5) is 23.2. The van der Waals surface area contributed by atoms with Crippen LogP contribution in [-0.2, 0) is 4.79 Å². The van der Waals surface area contributed by atoms with E-state index in [0.29, 0.717) is 30.9 Å². The standard InChI is InChI=1S/C16H24N2O2/c1-13(2)10-12-17-15(19)9-6-11-18-16(20)14-7-4-3-5-8-14/h3-5,7-8,13H,6,9-12H2,1-2H3,(H,17,19)(H,18,20). The van der Waals surface area contributed by atoms with Crippen molar-refractivity contribution in [2.24, 2.45) is 5.92 Å². The Morgan fingerprint density at radius 2 is 1.75 bits per heavy atom. The van der Waals surface area contributed by atoms with Crippen LogP contribution in [-0.4, -0.2) is 24.9 Å². The lowest BCUT2D eigenvalue weighted by molar-refractivity contribution is -0.121. The van der Waals surface area contributed by atoms with Gasteiger partial charge in [0.2, 0.25) is 5.91 Å². The number of rotatable bonds is 8. The van der Waals surface area contributed by atoms with Gasteiger partial charge in [0.1, 0.15) is 0 Å². The molecule has 0 aliphatic rings. The number of carbonyl (C=O) groups is 2. The zero-order chi connectivity index (χ0) is 14.8. The number of amides is 2. The average Bonchev–Trinajstić information content (AvgIpc) is 2.44. The molecular formula is C16H24N2O2. The molecule has 0 saturated heterocycles. The maximum Gasteiger partial charge on any atom is 0.251 e. The fourth-order valence-corrected chi connectivity index (χ4v) is 1.73. The van der Waals surface area contributed by atoms with E-state index in [1.165, 1.54) is 0 Å². The highest BCUT2D eigenvalue weighted by Crippen LogP contribution is 1.99. The number of hydrogen-bond donors (Lipinski definition) is 2. The summed E-state index contributed by atoms with van der Waals surface area (Å²) in [5, 5.41) is 5.69. The van der Waals surface area contributed by atoms with Gasteiger partial charge in [-0.2, -0.15) is 0 Å². The predicted octanol–water partition coefficient (Wildman–Crippen LogP) is 2.36. The average molecular weight is 276 g/mol. The first-order valence-electron chi connectivity index (χ1n) is 7.19. The van der Waals surface area contributed by atoms with E-state index in [-0.39, 0.29) is 11.8 Å². The lowest BCUT2D eigenvalue weighted by atomic mass is 10.1. The van der Waals surface area contributed by atoms with Gasteiger partial charge in [-0.3, -0.25) is 9.59 Å². The molecule has 0 aliphatic carbocycles. The molecule has 1 aromatic rings. The highest BCUT2D eigenvalue weighted by atomic mass is 16.2. The van der Waals surface area contributed by atoms with Crippen molar-refractivity contribution < 1.29 is 9.59 Å². The van der Waals surface area contributed by atoms with Crippen molar-refractivity contribution in [1.82, 2.24) is 10.6 Å². The largest absolute Gasteiger partial charge is 0.356 e. The van der Waals surface area contributed by atoms with Gasteiger partial charge < -0.3 is 10.6 Å². The molecule has 0 fully saturated rings. The van der Waals surface area contributed by atoms with E-state index < -0.39 is 0 Å². The van der Waals surface area contributed by atoms with Crippen LogP contribution in [0.15, 0.2) is 30.3 Å². The Bertz CT molecular complexity index is 416. The number of benzene rings is 1. The molecule has 2 amide bonds. The maximum absolute atomic E-state index is 11.7. The Hall–Kier alpha value is -1.84. The van der Waals surface area contributed by atoms with Crippen LogP contribution in [0.5, 0.6) is 0 Å². The second-order valence-corrected chi connectivity index (χ2v) is 5.26. The Morgan fingerprint density at radius 3 is 2.40 bits per heavy atom. The minimum Gasteiger partial charge on any atom is -0.356 e. The first kappa shape index (κ1) is 16.2. The Kier molecular flexibility index (Phi) is 7.40. The normalized spacial score (nSPS) is 10.3. The van der Waals surface area contributed by atoms with Crippen molar-refractivity contribution in [3.63, 3.8) is 0 Å². The molecule has 0 heterocycles. The molecule has 0 bridgehead atoms. The topological polar surface area (TPSA) is 58.2 Å². The third-order valence-electron chi connectivity index (χ3n) is 2.95. The highest BCUT2D eigenvalue weighted by molar-refractivity contribution is 5.94. The second-order valence-electron chi connectivity index (χ2n) is 5.26. The molecule has 0 radical (unpaired) electrons. The second kappa shape index (κ2) is 9.13. The van der Waals surface area contributed by atoms with Gasteiger partial charge in [-0.05, 0) is 30.9 Å². The zero-order valence-electron chi connectivity index (χ0n) is 12.3. The molecule has 0 atom stereocenters. The van der Waals surface area contributed by atoms with Gasteiger partial charge in [-0.15, -0.1) is 0 Å². The fourth-order valence-electron chi connectivity index (χ4n) is 1.73. The minimum atomic E-state index is -0.0918. The van der Waals surface area contributed by atoms with Crippen LogP contribution in [0.3, 0.4) is 0 Å². The zero-order valence-corrected chi connectivity index (χ0v) is 12.3. The summed E-state index contributed by atoms with van der Waals surface area (Å²) in [6.07, 6.45) is 2.11. The molecule has 1 aromatic carbocycles. The van der Waals surface area contributed by atoms with Gasteiger partial charge in [0.25, 0.3) is 5.91 Å². The molecule has 0 aromatic heterocycles. The van der Waals surface area contributed by atoms with Gasteiger partial charge in [-0.25, -0.2) is 0 Å². The van der Waals surface area contributed by atoms with Gasteiger partial charge in [-0.1, -0.05) is 32.0 Å². The minimum absolute atomic E-state index is 0.0552. The smallest absolute Gasteiger partial charge is 0.251 e. The summed E-state index contributed by atoms with van der Waals surface area (Å²) >= 11 is 0. The van der Waals surface area contributed by atoms with Crippen molar-refractivity contribution in [2.45, 2.75) is 33.1 Å². The van der Waals surface area contributed by atoms with Gasteiger partial charge in [0.05, 0.1) is 0 Å². The molecule has 0 aliphatic heterocycles. The Balaban J connectivity index is 2.10. The van der Waals surface area contributed by atoms with E-state index in [1.807, 2.05) is 18.2 Å². The van der Waals surface area contributed by atoms with Gasteiger partial charge in [0.15, 0.2) is 0 Å². The third kappa shape index (κ3) is 6.92. The summed E-state index contributed by atoms with van der Waals surface area (Å²) in [6, 6.07) is 9.08. The summed E-state index contributed by atoms with van der Waals surface area (Å²) in [7, 11) is 0. The van der Waals surface area contributed by atoms with Crippen molar-refractivity contribution in [3.8, 4) is 0 Å². The summed E-state index contributed by atoms with van der Waals surface area (Å²) in [6.45, 7) is 5.51. The van der Waals surface area contributed by atoms with E-state index in [4.69, 9.17) is 0 Å². The van der Waals surface area contributed by atoms with Gasteiger partial charge >= 0.3 is 0 Å². The van der Waals surface area contributed by atoms with Crippen LogP contribution in [0.1, 0.15) is 43.5 Å². The van der Waals surface area contributed by atoms with Gasteiger partial charge in [0, 0.05) is 25.1 Å². The van der Waals surface area contributed by atoms with E-state index in [2.05, 4.69) is 24.5 Å². The molecule has 0 saturated carbocycles. The van der Waals surface area contributed by atoms with E-state index in [1.54, 1.807) is 12.1 Å². The molecular weight excluding hydrogens is 252 g/mol. The molecule has 4 heteroatoms. The predicted molar refractivity (Wildman–Crippen MR) is 80.5 cm³/mol. The van der Waals surface area contributed by atoms with E-state index in [0.717, 1.165) is 13.0 Å². The summed E-state index contributed by atoms with van der Waals surface area (Å²) < 4.78 is 0. The molecule has 2 N–H and O–H groups in total. The first-order valence-corrected chi connectivity index (χ1v) is 7.19. The Labute approximate surface area is 121 Å². The quantitative estimate of drug-likeness (QED) is 0.716. The highest BCUT2D eigenvalue weighted by Gasteiger charge is 2.05. The van der Waals surface area contributed by atoms with Crippen LogP contribution < -0.4 is 10.6 Å². The molecule has 1 rings (SSSR count). The van der Waals surface area contributed by atoms with Crippen molar-refractivity contribution in [3.05, 3.63) is 35.9 Å². The van der Waals surface area contributed by atoms with E-state index in [9.17, 15) is 9.59 Å². The van der Waals surface area contributed by atoms with E-state index >= 15 is 0 Å². The first-order chi connectivity index (χ1) is 9.59. The molecule has 0 unspecified atom stereocenters. The monoisotopic (exact) mass is 276 g/mol. The van der Waals surface area contributed by atoms with Crippen molar-refractivity contribution in [2.75, 3.05) is 13.1 Å². The Morgan fingerprint density at radius 1 is 1.05 bits per heavy atom. The third-order valence-corrected chi connectivity index (χ3v) is 2.95. The molecule has 4 nitrogen and oxygen atoms in total. The molecule has 110 valence electrons. The number of hydrogen-bond acceptors (Lipinski definition) is 2. The van der Waals surface area contributed by atoms with Crippen LogP contribution in [0.4, 0.5) is 0 Å². The molecule has 0 spiro atoms. The van der Waals surface area contributed by atoms with Crippen molar-refractivity contribution >= 4 is 11.8 Å². The van der Waals surface area contributed by atoms with Crippen LogP contribution in [0, 0.1) is 5.92 Å². The van der Waals surface area contributed by atoms with Crippen LogP contribution in [0.2, 0.25) is 0 Å². The summed E-state index contributed by atoms with van der Waals surface area (Å²) in [5.41, 5.74) is 0.647. The molecule has 20 heavy (non-hydrogen) atoms. The SMILES string of the molecule is CC(C)CCNC(=O)CCCNC(=O)c1ccccc1. The lowest BCUT2D eigenvalue weighted by Crippen LogP contribution is -2.28. The lowest BCUT2D eigenvalue weighted by Gasteiger charge is -2.08. The van der Waals surface area contributed by atoms with Crippen LogP contribution >= 0.6 is 0 Å². The summed E-state index contributed by atoms with van der Waals surface area (Å²) in [5.74, 6) is 0.561. The number of carbonyl (C=O) groups excluding carboxylic acids is 2. The van der Waals surface area contributed by atoms with Crippen LogP contribution in [0.25, 0.3) is 0 Å². The maximum atomic E-state index is 11.7. The fraction of sp³-hybridized carbons (Fsp3) is 0.500. The number of nitrogens with one attached hydrogen (secondary N) is 2.